The van der Waals surface area contributed by atoms with Crippen molar-refractivity contribution in [3.05, 3.63) is 11.6 Å². The first-order valence-electron chi connectivity index (χ1n) is 3.94. The second-order valence-electron chi connectivity index (χ2n) is 2.55. The Balaban J connectivity index is 1.86. The Morgan fingerprint density at radius 2 is 2.33 bits per heavy atom. The molecule has 2 rings (SSSR count). The van der Waals surface area contributed by atoms with Crippen LogP contribution in [0.1, 0.15) is 0 Å². The van der Waals surface area contributed by atoms with Crippen molar-refractivity contribution in [2.45, 2.75) is 0 Å². The number of thiazole rings is 1. The van der Waals surface area contributed by atoms with Gasteiger partial charge in [0.05, 0.1) is 13.2 Å². The molecule has 0 aromatic carbocycles. The summed E-state index contributed by atoms with van der Waals surface area (Å²) in [7, 11) is 0. The van der Waals surface area contributed by atoms with Crippen molar-refractivity contribution in [2.75, 3.05) is 31.7 Å². The van der Waals surface area contributed by atoms with Gasteiger partial charge in [0.2, 0.25) is 0 Å². The number of hydrogen-bond acceptors (Lipinski definition) is 5. The monoisotopic (exact) mass is 185 g/mol. The smallest absolute Gasteiger partial charge is 0.197 e. The first-order valence-corrected chi connectivity index (χ1v) is 4.82. The number of morpholine rings is 1. The maximum atomic E-state index is 5.22. The van der Waals surface area contributed by atoms with E-state index in [4.69, 9.17) is 4.74 Å². The zero-order valence-electron chi connectivity index (χ0n) is 6.69. The van der Waals surface area contributed by atoms with E-state index in [0.29, 0.717) is 0 Å². The Morgan fingerprint density at radius 1 is 1.50 bits per heavy atom. The first-order chi connectivity index (χ1) is 5.95. The van der Waals surface area contributed by atoms with Gasteiger partial charge in [-0.3, -0.25) is 5.43 Å². The van der Waals surface area contributed by atoms with Crippen LogP contribution < -0.4 is 5.43 Å². The predicted octanol–water partition coefficient (Wildman–Crippen LogP) is 0.802. The topological polar surface area (TPSA) is 37.4 Å². The van der Waals surface area contributed by atoms with Crippen molar-refractivity contribution in [3.8, 4) is 0 Å². The molecule has 1 aromatic heterocycles. The van der Waals surface area contributed by atoms with Gasteiger partial charge in [0.25, 0.3) is 0 Å². The SMILES string of the molecule is c1csc(NN2CCOCC2)n1. The molecule has 0 spiro atoms. The highest BCUT2D eigenvalue weighted by molar-refractivity contribution is 7.13. The van der Waals surface area contributed by atoms with E-state index in [1.165, 1.54) is 0 Å². The summed E-state index contributed by atoms with van der Waals surface area (Å²) >= 11 is 1.61. The lowest BCUT2D eigenvalue weighted by Gasteiger charge is -2.26. The molecule has 1 fully saturated rings. The normalized spacial score (nSPS) is 19.3. The van der Waals surface area contributed by atoms with Gasteiger partial charge in [-0.15, -0.1) is 11.3 Å². The Labute approximate surface area is 75.1 Å². The van der Waals surface area contributed by atoms with Crippen LogP contribution in [0.5, 0.6) is 0 Å². The van der Waals surface area contributed by atoms with Crippen molar-refractivity contribution in [1.82, 2.24) is 9.99 Å². The lowest BCUT2D eigenvalue weighted by atomic mass is 10.5. The van der Waals surface area contributed by atoms with Gasteiger partial charge in [0.1, 0.15) is 0 Å². The maximum absolute atomic E-state index is 5.22. The minimum atomic E-state index is 0.804. The highest BCUT2D eigenvalue weighted by Gasteiger charge is 2.10. The van der Waals surface area contributed by atoms with Gasteiger partial charge in [-0.25, -0.2) is 9.99 Å². The number of nitrogens with one attached hydrogen (secondary N) is 1. The fourth-order valence-corrected chi connectivity index (χ4v) is 1.64. The Bertz CT molecular complexity index is 221. The second kappa shape index (κ2) is 3.84. The molecule has 0 bridgehead atoms. The lowest BCUT2D eigenvalue weighted by Crippen LogP contribution is -2.40. The van der Waals surface area contributed by atoms with Crippen LogP contribution in [0.25, 0.3) is 0 Å². The molecule has 1 aromatic rings. The molecule has 2 heterocycles. The average Bonchev–Trinajstić information content (AvgIpc) is 2.59. The van der Waals surface area contributed by atoms with Crippen LogP contribution >= 0.6 is 11.3 Å². The van der Waals surface area contributed by atoms with Crippen molar-refractivity contribution in [3.63, 3.8) is 0 Å². The van der Waals surface area contributed by atoms with E-state index in [-0.39, 0.29) is 0 Å². The van der Waals surface area contributed by atoms with E-state index in [1.54, 1.807) is 17.5 Å². The number of hydrogen-bond donors (Lipinski definition) is 1. The molecule has 1 aliphatic heterocycles. The third-order valence-electron chi connectivity index (χ3n) is 1.70. The van der Waals surface area contributed by atoms with Crippen molar-refractivity contribution >= 4 is 16.5 Å². The number of aromatic nitrogens is 1. The van der Waals surface area contributed by atoms with Gasteiger partial charge in [-0.05, 0) is 0 Å². The summed E-state index contributed by atoms with van der Waals surface area (Å²) in [6, 6.07) is 0. The molecule has 0 unspecified atom stereocenters. The molecule has 0 amide bonds. The van der Waals surface area contributed by atoms with Gasteiger partial charge in [-0.1, -0.05) is 0 Å². The van der Waals surface area contributed by atoms with E-state index < -0.39 is 0 Å². The van der Waals surface area contributed by atoms with E-state index in [9.17, 15) is 0 Å². The Kier molecular flexibility index (Phi) is 2.55. The molecule has 1 N–H and O–H groups in total. The van der Waals surface area contributed by atoms with Gasteiger partial charge < -0.3 is 4.74 Å². The largest absolute Gasteiger partial charge is 0.379 e. The van der Waals surface area contributed by atoms with Gasteiger partial charge in [0.15, 0.2) is 5.13 Å². The number of rotatable bonds is 2. The summed E-state index contributed by atoms with van der Waals surface area (Å²) in [6.45, 7) is 3.47. The fourth-order valence-electron chi connectivity index (χ4n) is 1.09. The number of nitrogens with zero attached hydrogens (tertiary/aromatic N) is 2. The zero-order chi connectivity index (χ0) is 8.23. The van der Waals surface area contributed by atoms with Crippen molar-refractivity contribution in [2.24, 2.45) is 0 Å². The van der Waals surface area contributed by atoms with Crippen LogP contribution in [0.2, 0.25) is 0 Å². The quantitative estimate of drug-likeness (QED) is 0.739. The summed E-state index contributed by atoms with van der Waals surface area (Å²) in [6.07, 6.45) is 1.80. The van der Waals surface area contributed by atoms with Crippen LogP contribution in [-0.2, 0) is 4.74 Å². The molecule has 5 heteroatoms. The highest BCUT2D eigenvalue weighted by Crippen LogP contribution is 2.11. The van der Waals surface area contributed by atoms with Crippen LogP contribution in [0.4, 0.5) is 5.13 Å². The van der Waals surface area contributed by atoms with Crippen LogP contribution in [0, 0.1) is 0 Å². The minimum Gasteiger partial charge on any atom is -0.379 e. The van der Waals surface area contributed by atoms with Gasteiger partial charge >= 0.3 is 0 Å². The highest BCUT2D eigenvalue weighted by atomic mass is 32.1. The third-order valence-corrected chi connectivity index (χ3v) is 2.37. The number of hydrazine groups is 1. The molecule has 4 nitrogen and oxygen atoms in total. The molecule has 0 aliphatic carbocycles. The van der Waals surface area contributed by atoms with E-state index in [2.05, 4.69) is 15.4 Å². The predicted molar refractivity (Wildman–Crippen MR) is 48.1 cm³/mol. The minimum absolute atomic E-state index is 0.804. The fraction of sp³-hybridized carbons (Fsp3) is 0.571. The van der Waals surface area contributed by atoms with E-state index in [1.807, 2.05) is 5.38 Å². The summed E-state index contributed by atoms with van der Waals surface area (Å²) in [4.78, 5) is 4.14. The standard InChI is InChI=1S/C7H11N3OS/c1-6-12-7(8-1)9-10-2-4-11-5-3-10/h1,6H,2-5H2,(H,8,9). The summed E-state index contributed by atoms with van der Waals surface area (Å²) in [5, 5.41) is 5.04. The molecule has 12 heavy (non-hydrogen) atoms. The van der Waals surface area contributed by atoms with Crippen LogP contribution in [-0.4, -0.2) is 36.3 Å². The zero-order valence-corrected chi connectivity index (χ0v) is 7.51. The molecular formula is C7H11N3OS. The first kappa shape index (κ1) is 7.97. The van der Waals surface area contributed by atoms with Crippen LogP contribution in [0.15, 0.2) is 11.6 Å². The number of anilines is 1. The summed E-state index contributed by atoms with van der Waals surface area (Å²) < 4.78 is 5.22. The molecule has 0 radical (unpaired) electrons. The Morgan fingerprint density at radius 3 is 3.00 bits per heavy atom. The van der Waals surface area contributed by atoms with Crippen molar-refractivity contribution < 1.29 is 4.74 Å². The van der Waals surface area contributed by atoms with Crippen LogP contribution in [0.3, 0.4) is 0 Å². The Hall–Kier alpha value is -0.650. The van der Waals surface area contributed by atoms with Gasteiger partial charge in [-0.2, -0.15) is 0 Å². The molecule has 0 saturated carbocycles. The van der Waals surface area contributed by atoms with Gasteiger partial charge in [0, 0.05) is 24.7 Å². The maximum Gasteiger partial charge on any atom is 0.197 e. The summed E-state index contributed by atoms with van der Waals surface area (Å²) in [5.74, 6) is 0. The molecule has 1 aliphatic rings. The molecular weight excluding hydrogens is 174 g/mol. The second-order valence-corrected chi connectivity index (χ2v) is 3.44. The number of ether oxygens (including phenoxy) is 1. The lowest BCUT2D eigenvalue weighted by molar-refractivity contribution is 0.0497. The molecule has 66 valence electrons. The van der Waals surface area contributed by atoms with E-state index >= 15 is 0 Å². The third kappa shape index (κ3) is 1.94. The molecule has 0 atom stereocenters. The average molecular weight is 185 g/mol. The van der Waals surface area contributed by atoms with Crippen molar-refractivity contribution in [1.29, 1.82) is 0 Å². The van der Waals surface area contributed by atoms with E-state index in [0.717, 1.165) is 31.4 Å². The summed E-state index contributed by atoms with van der Waals surface area (Å²) in [5.41, 5.74) is 3.22. The molecule has 1 saturated heterocycles.